The van der Waals surface area contributed by atoms with Crippen molar-refractivity contribution in [2.75, 3.05) is 20.8 Å². The highest BCUT2D eigenvalue weighted by molar-refractivity contribution is 6.30. The van der Waals surface area contributed by atoms with Crippen molar-refractivity contribution in [3.63, 3.8) is 0 Å². The van der Waals surface area contributed by atoms with Gasteiger partial charge >= 0.3 is 0 Å². The minimum atomic E-state index is -0.207. The van der Waals surface area contributed by atoms with Gasteiger partial charge in [0.25, 0.3) is 5.91 Å². The summed E-state index contributed by atoms with van der Waals surface area (Å²) in [5.41, 5.74) is 0.941. The highest BCUT2D eigenvalue weighted by Crippen LogP contribution is 2.30. The fraction of sp³-hybridized carbons (Fsp3) is 0.316. The molecule has 0 spiro atoms. The Labute approximate surface area is 152 Å². The van der Waals surface area contributed by atoms with E-state index in [0.717, 1.165) is 12.0 Å². The summed E-state index contributed by atoms with van der Waals surface area (Å²) in [6, 6.07) is 12.4. The number of carbonyl (C=O) groups excluding carboxylic acids is 1. The van der Waals surface area contributed by atoms with E-state index >= 15 is 0 Å². The summed E-state index contributed by atoms with van der Waals surface area (Å²) in [5.74, 6) is 1.63. The van der Waals surface area contributed by atoms with E-state index in [0.29, 0.717) is 22.3 Å². The molecular weight excluding hydrogens is 342 g/mol. The summed E-state index contributed by atoms with van der Waals surface area (Å²) >= 11 is 5.90. The SMILES string of the molecule is CC[C@H](NC(=O)COc1cccc(Cl)c1)c1ccc(OC)c(OC)c1. The van der Waals surface area contributed by atoms with Gasteiger partial charge in [0.15, 0.2) is 18.1 Å². The Hall–Kier alpha value is -2.40. The van der Waals surface area contributed by atoms with Gasteiger partial charge in [-0.05, 0) is 42.3 Å². The van der Waals surface area contributed by atoms with Crippen LogP contribution in [0.1, 0.15) is 24.9 Å². The van der Waals surface area contributed by atoms with Gasteiger partial charge in [-0.1, -0.05) is 30.7 Å². The summed E-state index contributed by atoms with van der Waals surface area (Å²) < 4.78 is 16.0. The van der Waals surface area contributed by atoms with E-state index in [4.69, 9.17) is 25.8 Å². The summed E-state index contributed by atoms with van der Waals surface area (Å²) in [7, 11) is 3.17. The van der Waals surface area contributed by atoms with Gasteiger partial charge in [-0.3, -0.25) is 4.79 Å². The van der Waals surface area contributed by atoms with Crippen LogP contribution in [-0.2, 0) is 4.79 Å². The molecule has 5 nitrogen and oxygen atoms in total. The number of ether oxygens (including phenoxy) is 3. The first-order valence-corrected chi connectivity index (χ1v) is 8.34. The van der Waals surface area contributed by atoms with Crippen LogP contribution >= 0.6 is 11.6 Å². The van der Waals surface area contributed by atoms with Gasteiger partial charge in [0.1, 0.15) is 5.75 Å². The number of rotatable bonds is 8. The van der Waals surface area contributed by atoms with Gasteiger partial charge < -0.3 is 19.5 Å². The third-order valence-corrected chi connectivity index (χ3v) is 3.95. The number of hydrogen-bond donors (Lipinski definition) is 1. The second-order valence-corrected chi connectivity index (χ2v) is 5.83. The molecule has 0 unspecified atom stereocenters. The quantitative estimate of drug-likeness (QED) is 0.770. The predicted octanol–water partition coefficient (Wildman–Crippen LogP) is 4.00. The molecule has 1 amide bonds. The molecule has 0 aliphatic heterocycles. The number of halogens is 1. The molecule has 1 atom stereocenters. The lowest BCUT2D eigenvalue weighted by Crippen LogP contribution is -2.32. The van der Waals surface area contributed by atoms with Gasteiger partial charge in [0.2, 0.25) is 0 Å². The van der Waals surface area contributed by atoms with Crippen LogP contribution in [0.5, 0.6) is 17.2 Å². The molecule has 1 N–H and O–H groups in total. The molecule has 0 aliphatic carbocycles. The molecule has 134 valence electrons. The van der Waals surface area contributed by atoms with Crippen LogP contribution in [0.2, 0.25) is 5.02 Å². The Morgan fingerprint density at radius 3 is 2.52 bits per heavy atom. The van der Waals surface area contributed by atoms with Crippen LogP contribution in [0.4, 0.5) is 0 Å². The fourth-order valence-electron chi connectivity index (χ4n) is 2.43. The lowest BCUT2D eigenvalue weighted by atomic mass is 10.0. The Balaban J connectivity index is 2.00. The first-order valence-electron chi connectivity index (χ1n) is 7.97. The largest absolute Gasteiger partial charge is 0.493 e. The van der Waals surface area contributed by atoms with E-state index in [1.165, 1.54) is 0 Å². The van der Waals surface area contributed by atoms with Crippen LogP contribution in [0.15, 0.2) is 42.5 Å². The van der Waals surface area contributed by atoms with E-state index in [1.807, 2.05) is 25.1 Å². The van der Waals surface area contributed by atoms with Crippen molar-refractivity contribution >= 4 is 17.5 Å². The van der Waals surface area contributed by atoms with E-state index in [-0.39, 0.29) is 18.6 Å². The molecule has 0 aliphatic rings. The van der Waals surface area contributed by atoms with E-state index < -0.39 is 0 Å². The zero-order valence-corrected chi connectivity index (χ0v) is 15.3. The molecule has 0 aromatic heterocycles. The van der Waals surface area contributed by atoms with Gasteiger partial charge in [-0.2, -0.15) is 0 Å². The molecule has 0 radical (unpaired) electrons. The number of amides is 1. The number of benzene rings is 2. The molecule has 25 heavy (non-hydrogen) atoms. The Morgan fingerprint density at radius 2 is 1.88 bits per heavy atom. The number of methoxy groups -OCH3 is 2. The Kier molecular flexibility index (Phi) is 6.95. The Morgan fingerprint density at radius 1 is 1.12 bits per heavy atom. The van der Waals surface area contributed by atoms with Crippen LogP contribution in [-0.4, -0.2) is 26.7 Å². The van der Waals surface area contributed by atoms with Crippen molar-refractivity contribution < 1.29 is 19.0 Å². The van der Waals surface area contributed by atoms with Crippen LogP contribution in [0.25, 0.3) is 0 Å². The smallest absolute Gasteiger partial charge is 0.258 e. The van der Waals surface area contributed by atoms with Crippen LogP contribution in [0, 0.1) is 0 Å². The molecule has 2 rings (SSSR count). The molecular formula is C19H22ClNO4. The van der Waals surface area contributed by atoms with Gasteiger partial charge in [-0.25, -0.2) is 0 Å². The van der Waals surface area contributed by atoms with Gasteiger partial charge in [-0.15, -0.1) is 0 Å². The predicted molar refractivity (Wildman–Crippen MR) is 97.7 cm³/mol. The highest BCUT2D eigenvalue weighted by atomic mass is 35.5. The number of hydrogen-bond acceptors (Lipinski definition) is 4. The highest BCUT2D eigenvalue weighted by Gasteiger charge is 2.15. The first kappa shape index (κ1) is 18.9. The molecule has 0 fully saturated rings. The maximum Gasteiger partial charge on any atom is 0.258 e. The van der Waals surface area contributed by atoms with E-state index in [1.54, 1.807) is 38.5 Å². The lowest BCUT2D eigenvalue weighted by molar-refractivity contribution is -0.123. The topological polar surface area (TPSA) is 56.8 Å². The van der Waals surface area contributed by atoms with Gasteiger partial charge in [0, 0.05) is 5.02 Å². The fourth-order valence-corrected chi connectivity index (χ4v) is 2.61. The number of nitrogens with one attached hydrogen (secondary N) is 1. The molecule has 2 aromatic rings. The second kappa shape index (κ2) is 9.18. The third kappa shape index (κ3) is 5.29. The summed E-state index contributed by atoms with van der Waals surface area (Å²) in [6.07, 6.45) is 0.735. The second-order valence-electron chi connectivity index (χ2n) is 5.39. The van der Waals surface area contributed by atoms with Crippen LogP contribution < -0.4 is 19.5 Å². The summed E-state index contributed by atoms with van der Waals surface area (Å²) in [6.45, 7) is 1.92. The molecule has 0 saturated heterocycles. The zero-order valence-electron chi connectivity index (χ0n) is 14.5. The first-order chi connectivity index (χ1) is 12.1. The standard InChI is InChI=1S/C19H22ClNO4/c1-4-16(13-8-9-17(23-2)18(10-13)24-3)21-19(22)12-25-15-7-5-6-14(20)11-15/h5-11,16H,4,12H2,1-3H3,(H,21,22)/t16-/m0/s1. The maximum atomic E-state index is 12.2. The zero-order chi connectivity index (χ0) is 18.2. The average molecular weight is 364 g/mol. The summed E-state index contributed by atoms with van der Waals surface area (Å²) in [4.78, 5) is 12.2. The molecule has 0 bridgehead atoms. The van der Waals surface area contributed by atoms with E-state index in [2.05, 4.69) is 5.32 Å². The maximum absolute atomic E-state index is 12.2. The van der Waals surface area contributed by atoms with Crippen molar-refractivity contribution in [3.05, 3.63) is 53.1 Å². The molecule has 2 aromatic carbocycles. The lowest BCUT2D eigenvalue weighted by Gasteiger charge is -2.19. The monoisotopic (exact) mass is 363 g/mol. The van der Waals surface area contributed by atoms with Crippen molar-refractivity contribution in [1.82, 2.24) is 5.32 Å². The number of carbonyl (C=O) groups is 1. The summed E-state index contributed by atoms with van der Waals surface area (Å²) in [5, 5.41) is 3.53. The van der Waals surface area contributed by atoms with Crippen LogP contribution in [0.3, 0.4) is 0 Å². The van der Waals surface area contributed by atoms with E-state index in [9.17, 15) is 4.79 Å². The minimum Gasteiger partial charge on any atom is -0.493 e. The Bertz CT molecular complexity index is 720. The third-order valence-electron chi connectivity index (χ3n) is 3.72. The van der Waals surface area contributed by atoms with Crippen molar-refractivity contribution in [1.29, 1.82) is 0 Å². The minimum absolute atomic E-state index is 0.0792. The average Bonchev–Trinajstić information content (AvgIpc) is 2.64. The molecule has 0 heterocycles. The van der Waals surface area contributed by atoms with Crippen molar-refractivity contribution in [2.45, 2.75) is 19.4 Å². The normalized spacial score (nSPS) is 11.5. The van der Waals surface area contributed by atoms with Crippen molar-refractivity contribution in [2.24, 2.45) is 0 Å². The molecule has 0 saturated carbocycles. The van der Waals surface area contributed by atoms with Gasteiger partial charge in [0.05, 0.1) is 20.3 Å². The van der Waals surface area contributed by atoms with Crippen molar-refractivity contribution in [3.8, 4) is 17.2 Å². The molecule has 6 heteroatoms.